The van der Waals surface area contributed by atoms with Crippen LogP contribution in [0, 0.1) is 0 Å². The zero-order chi connectivity index (χ0) is 11.9. The molecule has 0 bridgehead atoms. The Morgan fingerprint density at radius 3 is 1.93 bits per heavy atom. The van der Waals surface area contributed by atoms with Crippen LogP contribution in [0.3, 0.4) is 0 Å². The Balaban J connectivity index is 2.78. The van der Waals surface area contributed by atoms with Gasteiger partial charge in [0.05, 0.1) is 0 Å². The summed E-state index contributed by atoms with van der Waals surface area (Å²) in [7, 11) is -3.74. The van der Waals surface area contributed by atoms with Crippen LogP contribution < -0.4 is 0 Å². The van der Waals surface area contributed by atoms with Crippen molar-refractivity contribution in [2.24, 2.45) is 0 Å². The largest absolute Gasteiger partial charge is 0.521 e. The van der Waals surface area contributed by atoms with Crippen LogP contribution in [0.2, 0.25) is 0 Å². The molecule has 1 rings (SSSR count). The van der Waals surface area contributed by atoms with Crippen LogP contribution in [-0.2, 0) is 14.2 Å². The number of rotatable bonds is 2. The zero-order valence-corrected chi connectivity index (χ0v) is 8.97. The van der Waals surface area contributed by atoms with E-state index < -0.39 is 22.8 Å². The normalized spacial score (nSPS) is 21.3. The van der Waals surface area contributed by atoms with Crippen LogP contribution in [-0.4, -0.2) is 57.9 Å². The minimum atomic E-state index is -5.53. The van der Waals surface area contributed by atoms with E-state index in [4.69, 9.17) is 0 Å². The standard InChI is InChI=1S/C5H10BF3N2O3S/c1-10-3-4-11(2)6(10)14-15(12,13)5(7,8)9/h3-4H2,1-2H3. The number of nitrogens with zero attached hydrogens (tertiary/aromatic N) is 2. The van der Waals surface area contributed by atoms with E-state index in [0.29, 0.717) is 13.1 Å². The van der Waals surface area contributed by atoms with Gasteiger partial charge >= 0.3 is 22.8 Å². The Hall–Kier alpha value is -0.315. The van der Waals surface area contributed by atoms with Gasteiger partial charge in [0.1, 0.15) is 0 Å². The topological polar surface area (TPSA) is 49.9 Å². The average molecular weight is 246 g/mol. The molecule has 0 aromatic rings. The molecule has 0 saturated carbocycles. The molecule has 0 atom stereocenters. The second-order valence-corrected chi connectivity index (χ2v) is 4.85. The number of hydrogen-bond acceptors (Lipinski definition) is 5. The Morgan fingerprint density at radius 2 is 1.60 bits per heavy atom. The number of alkyl halides is 3. The van der Waals surface area contributed by atoms with Crippen LogP contribution in [0.1, 0.15) is 0 Å². The molecule has 5 nitrogen and oxygen atoms in total. The van der Waals surface area contributed by atoms with Crippen molar-refractivity contribution < 1.29 is 25.7 Å². The van der Waals surface area contributed by atoms with Crippen LogP contribution in [0.15, 0.2) is 0 Å². The SMILES string of the molecule is CN1CCN(C)B1OS(=O)(=O)C(F)(F)F. The van der Waals surface area contributed by atoms with E-state index in [2.05, 4.69) is 4.10 Å². The van der Waals surface area contributed by atoms with Gasteiger partial charge in [-0.1, -0.05) is 0 Å². The molecule has 15 heavy (non-hydrogen) atoms. The maximum absolute atomic E-state index is 12.0. The molecule has 1 aliphatic heterocycles. The lowest BCUT2D eigenvalue weighted by molar-refractivity contribution is -0.0506. The van der Waals surface area contributed by atoms with Gasteiger partial charge in [0.2, 0.25) is 0 Å². The summed E-state index contributed by atoms with van der Waals surface area (Å²) in [6, 6.07) is 0. The van der Waals surface area contributed by atoms with E-state index in [1.54, 1.807) is 0 Å². The third kappa shape index (κ3) is 2.62. The van der Waals surface area contributed by atoms with E-state index >= 15 is 0 Å². The number of halogens is 3. The fraction of sp³-hybridized carbons (Fsp3) is 1.00. The Kier molecular flexibility index (Phi) is 3.34. The van der Waals surface area contributed by atoms with E-state index in [0.717, 1.165) is 0 Å². The van der Waals surface area contributed by atoms with Crippen LogP contribution in [0.5, 0.6) is 0 Å². The van der Waals surface area contributed by atoms with Gasteiger partial charge in [-0.05, 0) is 14.1 Å². The second kappa shape index (κ2) is 3.93. The van der Waals surface area contributed by atoms with Gasteiger partial charge in [0.25, 0.3) is 0 Å². The van der Waals surface area contributed by atoms with Gasteiger partial charge in [-0.15, -0.1) is 0 Å². The highest BCUT2D eigenvalue weighted by Crippen LogP contribution is 2.26. The van der Waals surface area contributed by atoms with Crippen molar-refractivity contribution >= 4 is 17.3 Å². The number of hydrogen-bond donors (Lipinski definition) is 0. The van der Waals surface area contributed by atoms with E-state index in [-0.39, 0.29) is 0 Å². The first-order chi connectivity index (χ1) is 6.65. The summed E-state index contributed by atoms with van der Waals surface area (Å²) in [5, 5.41) is 0. The first kappa shape index (κ1) is 12.8. The second-order valence-electron chi connectivity index (χ2n) is 3.28. The summed E-state index contributed by atoms with van der Waals surface area (Å²) in [5.74, 6) is 0. The lowest BCUT2D eigenvalue weighted by Crippen LogP contribution is -2.46. The van der Waals surface area contributed by atoms with Gasteiger partial charge in [-0.25, -0.2) is 0 Å². The molecule has 0 N–H and O–H groups in total. The van der Waals surface area contributed by atoms with Gasteiger partial charge in [-0.3, -0.25) is 4.10 Å². The molecule has 0 spiro atoms. The number of likely N-dealkylation sites (N-methyl/N-ethyl adjacent to an activating group) is 2. The molecule has 0 aliphatic carbocycles. The molecule has 1 saturated heterocycles. The first-order valence-corrected chi connectivity index (χ1v) is 5.46. The molecule has 10 heteroatoms. The van der Waals surface area contributed by atoms with Crippen molar-refractivity contribution in [1.82, 2.24) is 9.62 Å². The third-order valence-electron chi connectivity index (χ3n) is 2.06. The maximum atomic E-state index is 12.0. The van der Waals surface area contributed by atoms with Crippen molar-refractivity contribution in [3.8, 4) is 0 Å². The van der Waals surface area contributed by atoms with Crippen LogP contribution >= 0.6 is 0 Å². The predicted octanol–water partition coefficient (Wildman–Crippen LogP) is -0.285. The molecule has 0 aromatic carbocycles. The molecular weight excluding hydrogens is 236 g/mol. The monoisotopic (exact) mass is 246 g/mol. The fourth-order valence-corrected chi connectivity index (χ4v) is 1.82. The highest BCUT2D eigenvalue weighted by atomic mass is 32.2. The minimum absolute atomic E-state index is 0.453. The molecule has 1 aliphatic rings. The summed E-state index contributed by atoms with van der Waals surface area (Å²) in [6.07, 6.45) is 0. The van der Waals surface area contributed by atoms with Crippen molar-refractivity contribution in [2.75, 3.05) is 27.2 Å². The Morgan fingerprint density at radius 1 is 1.20 bits per heavy atom. The summed E-state index contributed by atoms with van der Waals surface area (Å²) >= 11 is 0. The van der Waals surface area contributed by atoms with E-state index in [9.17, 15) is 21.6 Å². The van der Waals surface area contributed by atoms with Crippen molar-refractivity contribution in [3.63, 3.8) is 0 Å². The van der Waals surface area contributed by atoms with Crippen LogP contribution in [0.4, 0.5) is 13.2 Å². The highest BCUT2D eigenvalue weighted by molar-refractivity contribution is 7.88. The summed E-state index contributed by atoms with van der Waals surface area (Å²) in [5.41, 5.74) is -5.38. The molecule has 0 amide bonds. The Labute approximate surface area is 86.1 Å². The highest BCUT2D eigenvalue weighted by Gasteiger charge is 2.51. The van der Waals surface area contributed by atoms with Gasteiger partial charge in [0.15, 0.2) is 0 Å². The molecule has 1 fully saturated rings. The van der Waals surface area contributed by atoms with Crippen molar-refractivity contribution in [3.05, 3.63) is 0 Å². The molecule has 0 unspecified atom stereocenters. The van der Waals surface area contributed by atoms with E-state index in [1.807, 2.05) is 0 Å². The zero-order valence-electron chi connectivity index (χ0n) is 8.15. The van der Waals surface area contributed by atoms with E-state index in [1.165, 1.54) is 23.7 Å². The van der Waals surface area contributed by atoms with Gasteiger partial charge < -0.3 is 9.62 Å². The molecular formula is C5H10BF3N2O3S. The Bertz CT molecular complexity index is 323. The molecule has 1 heterocycles. The van der Waals surface area contributed by atoms with Crippen LogP contribution in [0.25, 0.3) is 0 Å². The minimum Gasteiger partial charge on any atom is -0.303 e. The summed E-state index contributed by atoms with van der Waals surface area (Å²) in [6.45, 7) is 0.906. The van der Waals surface area contributed by atoms with Gasteiger partial charge in [-0.2, -0.15) is 21.6 Å². The maximum Gasteiger partial charge on any atom is 0.521 e. The lowest BCUT2D eigenvalue weighted by atomic mass is 10.0. The molecule has 0 aromatic heterocycles. The predicted molar refractivity (Wildman–Crippen MR) is 47.1 cm³/mol. The molecule has 0 radical (unpaired) electrons. The first-order valence-electron chi connectivity index (χ1n) is 4.05. The van der Waals surface area contributed by atoms with Crippen molar-refractivity contribution in [1.29, 1.82) is 0 Å². The summed E-state index contributed by atoms with van der Waals surface area (Å²) < 4.78 is 61.5. The quantitative estimate of drug-likeness (QED) is 0.495. The fourth-order valence-electron chi connectivity index (χ4n) is 1.19. The summed E-state index contributed by atoms with van der Waals surface area (Å²) in [4.78, 5) is 2.76. The molecule has 88 valence electrons. The van der Waals surface area contributed by atoms with Crippen molar-refractivity contribution in [2.45, 2.75) is 5.51 Å². The third-order valence-corrected chi connectivity index (χ3v) is 3.05. The average Bonchev–Trinajstić information content (AvgIpc) is 2.33. The lowest BCUT2D eigenvalue weighted by Gasteiger charge is -2.19. The smallest absolute Gasteiger partial charge is 0.303 e. The van der Waals surface area contributed by atoms with Gasteiger partial charge in [0, 0.05) is 13.1 Å².